The molecule has 0 radical (unpaired) electrons. The van der Waals surface area contributed by atoms with Gasteiger partial charge in [0.1, 0.15) is 11.9 Å². The highest BCUT2D eigenvalue weighted by Crippen LogP contribution is 2.36. The fourth-order valence-corrected chi connectivity index (χ4v) is 2.43. The largest absolute Gasteiger partial charge is 0.480 e. The highest BCUT2D eigenvalue weighted by atomic mass is 19.1. The van der Waals surface area contributed by atoms with Gasteiger partial charge in [0.25, 0.3) is 0 Å². The summed E-state index contributed by atoms with van der Waals surface area (Å²) in [5.41, 5.74) is 2.06. The van der Waals surface area contributed by atoms with E-state index in [0.29, 0.717) is 0 Å². The third-order valence-corrected chi connectivity index (χ3v) is 3.61. The van der Waals surface area contributed by atoms with Crippen molar-refractivity contribution in [2.75, 3.05) is 7.05 Å². The molecule has 0 fully saturated rings. The van der Waals surface area contributed by atoms with Crippen molar-refractivity contribution in [2.45, 2.75) is 31.8 Å². The summed E-state index contributed by atoms with van der Waals surface area (Å²) in [5.74, 6) is -1.05. The Morgan fingerprint density at radius 1 is 1.59 bits per heavy atom. The minimum atomic E-state index is -0.830. The number of hydrogen-bond donors (Lipinski definition) is 1. The molecular formula is C13H16FNO2. The molecule has 0 aliphatic heterocycles. The predicted octanol–water partition coefficient (Wildman–Crippen LogP) is 2.22. The summed E-state index contributed by atoms with van der Waals surface area (Å²) in [6.45, 7) is 1.67. The van der Waals surface area contributed by atoms with Crippen LogP contribution < -0.4 is 0 Å². The maximum atomic E-state index is 13.1. The van der Waals surface area contributed by atoms with Gasteiger partial charge in [0.15, 0.2) is 0 Å². The summed E-state index contributed by atoms with van der Waals surface area (Å²) >= 11 is 0. The second-order valence-electron chi connectivity index (χ2n) is 4.58. The maximum absolute atomic E-state index is 13.1. The fraction of sp³-hybridized carbons (Fsp3) is 0.462. The zero-order valence-corrected chi connectivity index (χ0v) is 9.98. The number of carboxylic acid groups (broad SMARTS) is 1. The topological polar surface area (TPSA) is 40.5 Å². The molecule has 17 heavy (non-hydrogen) atoms. The summed E-state index contributed by atoms with van der Waals surface area (Å²) in [5, 5.41) is 9.00. The van der Waals surface area contributed by atoms with Gasteiger partial charge in [0.05, 0.1) is 0 Å². The Bertz CT molecular complexity index is 447. The predicted molar refractivity (Wildman–Crippen MR) is 62.3 cm³/mol. The van der Waals surface area contributed by atoms with Crippen LogP contribution in [0, 0.1) is 5.82 Å². The van der Waals surface area contributed by atoms with Gasteiger partial charge < -0.3 is 5.11 Å². The van der Waals surface area contributed by atoms with E-state index in [2.05, 4.69) is 0 Å². The van der Waals surface area contributed by atoms with Gasteiger partial charge in [-0.15, -0.1) is 0 Å². The molecule has 0 bridgehead atoms. The number of aliphatic carboxylic acids is 1. The van der Waals surface area contributed by atoms with Gasteiger partial charge in [-0.05, 0) is 50.1 Å². The van der Waals surface area contributed by atoms with Crippen molar-refractivity contribution in [2.24, 2.45) is 0 Å². The molecular weight excluding hydrogens is 221 g/mol. The van der Waals surface area contributed by atoms with Crippen molar-refractivity contribution in [3.8, 4) is 0 Å². The molecule has 4 heteroatoms. The van der Waals surface area contributed by atoms with E-state index in [9.17, 15) is 9.18 Å². The first kappa shape index (κ1) is 12.0. The third-order valence-electron chi connectivity index (χ3n) is 3.61. The van der Waals surface area contributed by atoms with Gasteiger partial charge in [-0.2, -0.15) is 0 Å². The van der Waals surface area contributed by atoms with Crippen molar-refractivity contribution in [3.05, 3.63) is 35.1 Å². The Hall–Kier alpha value is -1.42. The van der Waals surface area contributed by atoms with Gasteiger partial charge in [0.2, 0.25) is 0 Å². The number of fused-ring (bicyclic) bond motifs is 1. The lowest BCUT2D eigenvalue weighted by atomic mass is 10.1. The fourth-order valence-electron chi connectivity index (χ4n) is 2.43. The lowest BCUT2D eigenvalue weighted by molar-refractivity contribution is -0.143. The molecule has 0 saturated heterocycles. The highest BCUT2D eigenvalue weighted by molar-refractivity contribution is 5.73. The number of likely N-dealkylation sites (N-methyl/N-ethyl adjacent to an activating group) is 1. The second-order valence-corrected chi connectivity index (χ2v) is 4.58. The number of benzene rings is 1. The lowest BCUT2D eigenvalue weighted by Gasteiger charge is -2.28. The molecule has 0 amide bonds. The molecule has 0 aromatic heterocycles. The standard InChI is InChI=1S/C13H16FNO2/c1-8(13(16)17)15(2)12-6-3-9-7-10(14)4-5-11(9)12/h4-5,7-8,12H,3,6H2,1-2H3,(H,16,17). The van der Waals surface area contributed by atoms with E-state index in [-0.39, 0.29) is 11.9 Å². The molecule has 1 aliphatic carbocycles. The van der Waals surface area contributed by atoms with Crippen molar-refractivity contribution in [1.29, 1.82) is 0 Å². The molecule has 0 heterocycles. The number of carbonyl (C=O) groups is 1. The van der Waals surface area contributed by atoms with Crippen LogP contribution in [0.3, 0.4) is 0 Å². The lowest BCUT2D eigenvalue weighted by Crippen LogP contribution is -2.37. The average molecular weight is 237 g/mol. The number of carboxylic acids is 1. The first-order valence-electron chi connectivity index (χ1n) is 5.73. The van der Waals surface area contributed by atoms with E-state index in [1.54, 1.807) is 19.1 Å². The second kappa shape index (κ2) is 4.45. The highest BCUT2D eigenvalue weighted by Gasteiger charge is 2.30. The minimum absolute atomic E-state index is 0.0803. The smallest absolute Gasteiger partial charge is 0.320 e. The number of nitrogens with zero attached hydrogens (tertiary/aromatic N) is 1. The summed E-state index contributed by atoms with van der Waals surface area (Å²) in [4.78, 5) is 12.8. The van der Waals surface area contributed by atoms with Crippen LogP contribution in [-0.2, 0) is 11.2 Å². The van der Waals surface area contributed by atoms with E-state index in [1.165, 1.54) is 6.07 Å². The normalized spacial score (nSPS) is 20.4. The molecule has 2 unspecified atom stereocenters. The van der Waals surface area contributed by atoms with E-state index in [1.807, 2.05) is 11.9 Å². The van der Waals surface area contributed by atoms with Crippen molar-refractivity contribution in [3.63, 3.8) is 0 Å². The Balaban J connectivity index is 2.25. The molecule has 3 nitrogen and oxygen atoms in total. The Labute approximate surface area is 99.9 Å². The van der Waals surface area contributed by atoms with E-state index < -0.39 is 12.0 Å². The number of halogens is 1. The average Bonchev–Trinajstić information content (AvgIpc) is 2.69. The Kier molecular flexibility index (Phi) is 3.15. The molecule has 0 saturated carbocycles. The summed E-state index contributed by atoms with van der Waals surface area (Å²) in [7, 11) is 1.81. The molecule has 92 valence electrons. The number of hydrogen-bond acceptors (Lipinski definition) is 2. The Morgan fingerprint density at radius 2 is 2.29 bits per heavy atom. The molecule has 1 aromatic carbocycles. The monoisotopic (exact) mass is 237 g/mol. The van der Waals surface area contributed by atoms with E-state index in [4.69, 9.17) is 5.11 Å². The minimum Gasteiger partial charge on any atom is -0.480 e. The number of aryl methyl sites for hydroxylation is 1. The van der Waals surface area contributed by atoms with Crippen LogP contribution in [-0.4, -0.2) is 29.1 Å². The number of rotatable bonds is 3. The SMILES string of the molecule is CC(C(=O)O)N(C)C1CCc2cc(F)ccc21. The molecule has 1 aromatic rings. The molecule has 1 N–H and O–H groups in total. The summed E-state index contributed by atoms with van der Waals surface area (Å²) in [6, 6.07) is 4.31. The zero-order chi connectivity index (χ0) is 12.6. The van der Waals surface area contributed by atoms with Gasteiger partial charge in [-0.3, -0.25) is 9.69 Å². The van der Waals surface area contributed by atoms with Crippen LogP contribution in [0.4, 0.5) is 4.39 Å². The van der Waals surface area contributed by atoms with Crippen LogP contribution in [0.25, 0.3) is 0 Å². The van der Waals surface area contributed by atoms with Crippen LogP contribution in [0.15, 0.2) is 18.2 Å². The van der Waals surface area contributed by atoms with E-state index in [0.717, 1.165) is 24.0 Å². The summed E-state index contributed by atoms with van der Waals surface area (Å²) < 4.78 is 13.1. The van der Waals surface area contributed by atoms with Crippen LogP contribution >= 0.6 is 0 Å². The van der Waals surface area contributed by atoms with Gasteiger partial charge in [-0.1, -0.05) is 6.07 Å². The maximum Gasteiger partial charge on any atom is 0.320 e. The van der Waals surface area contributed by atoms with Crippen LogP contribution in [0.2, 0.25) is 0 Å². The van der Waals surface area contributed by atoms with Crippen LogP contribution in [0.1, 0.15) is 30.5 Å². The molecule has 2 atom stereocenters. The zero-order valence-electron chi connectivity index (χ0n) is 9.98. The first-order valence-corrected chi connectivity index (χ1v) is 5.73. The van der Waals surface area contributed by atoms with Gasteiger partial charge >= 0.3 is 5.97 Å². The molecule has 0 spiro atoms. The van der Waals surface area contributed by atoms with Gasteiger partial charge in [-0.25, -0.2) is 4.39 Å². The first-order chi connectivity index (χ1) is 8.00. The van der Waals surface area contributed by atoms with Crippen LogP contribution in [0.5, 0.6) is 0 Å². The van der Waals surface area contributed by atoms with E-state index >= 15 is 0 Å². The van der Waals surface area contributed by atoms with Crippen molar-refractivity contribution < 1.29 is 14.3 Å². The van der Waals surface area contributed by atoms with Crippen molar-refractivity contribution >= 4 is 5.97 Å². The van der Waals surface area contributed by atoms with Gasteiger partial charge in [0, 0.05) is 6.04 Å². The molecule has 2 rings (SSSR count). The summed E-state index contributed by atoms with van der Waals surface area (Å²) in [6.07, 6.45) is 1.67. The quantitative estimate of drug-likeness (QED) is 0.876. The Morgan fingerprint density at radius 3 is 2.94 bits per heavy atom. The molecule has 1 aliphatic rings. The van der Waals surface area contributed by atoms with Crippen molar-refractivity contribution in [1.82, 2.24) is 4.90 Å². The third kappa shape index (κ3) is 2.17.